The van der Waals surface area contributed by atoms with E-state index in [9.17, 15) is 13.2 Å². The molecule has 1 aromatic rings. The lowest BCUT2D eigenvalue weighted by molar-refractivity contribution is -0.137. The van der Waals surface area contributed by atoms with Gasteiger partial charge in [0, 0.05) is 18.6 Å². The molecule has 1 heterocycles. The van der Waals surface area contributed by atoms with E-state index < -0.39 is 11.7 Å². The van der Waals surface area contributed by atoms with E-state index in [0.29, 0.717) is 18.6 Å². The fraction of sp³-hybridized carbons (Fsp3) is 0.625. The number of piperidine rings is 1. The molecule has 0 aliphatic carbocycles. The predicted octanol–water partition coefficient (Wildman–Crippen LogP) is 3.72. The van der Waals surface area contributed by atoms with Crippen LogP contribution < -0.4 is 10.6 Å². The largest absolute Gasteiger partial charge is 0.416 e. The van der Waals surface area contributed by atoms with Crippen molar-refractivity contribution in [1.82, 2.24) is 10.6 Å². The van der Waals surface area contributed by atoms with E-state index in [-0.39, 0.29) is 0 Å². The summed E-state index contributed by atoms with van der Waals surface area (Å²) in [5.74, 6) is 0. The molecule has 2 atom stereocenters. The second kappa shape index (κ2) is 7.27. The van der Waals surface area contributed by atoms with Crippen LogP contribution in [0.15, 0.2) is 24.3 Å². The minimum absolute atomic E-state index is 0.350. The molecule has 2 unspecified atom stereocenters. The van der Waals surface area contributed by atoms with E-state index in [1.165, 1.54) is 19.3 Å². The molecule has 2 nitrogen and oxygen atoms in total. The first-order valence-electron chi connectivity index (χ1n) is 7.58. The van der Waals surface area contributed by atoms with Crippen molar-refractivity contribution >= 4 is 0 Å². The molecule has 5 heteroatoms. The van der Waals surface area contributed by atoms with Crippen molar-refractivity contribution < 1.29 is 13.2 Å². The van der Waals surface area contributed by atoms with Crippen molar-refractivity contribution in [3.05, 3.63) is 35.4 Å². The van der Waals surface area contributed by atoms with Gasteiger partial charge in [-0.25, -0.2) is 0 Å². The molecule has 1 fully saturated rings. The molecule has 0 bridgehead atoms. The minimum Gasteiger partial charge on any atom is -0.314 e. The molecule has 2 N–H and O–H groups in total. The van der Waals surface area contributed by atoms with Crippen molar-refractivity contribution in [3.8, 4) is 0 Å². The number of halogens is 3. The van der Waals surface area contributed by atoms with Gasteiger partial charge in [0.05, 0.1) is 5.56 Å². The summed E-state index contributed by atoms with van der Waals surface area (Å²) < 4.78 is 37.4. The van der Waals surface area contributed by atoms with Crippen molar-refractivity contribution in [2.75, 3.05) is 6.54 Å². The molecule has 1 aliphatic heterocycles. The third-order valence-electron chi connectivity index (χ3n) is 3.99. The van der Waals surface area contributed by atoms with Crippen LogP contribution in [-0.4, -0.2) is 18.6 Å². The molecular formula is C16H23F3N2. The molecule has 118 valence electrons. The van der Waals surface area contributed by atoms with Crippen LogP contribution in [0.5, 0.6) is 0 Å². The van der Waals surface area contributed by atoms with Crippen LogP contribution in [0, 0.1) is 0 Å². The normalized spacial score (nSPS) is 21.2. The lowest BCUT2D eigenvalue weighted by Crippen LogP contribution is -2.39. The maximum absolute atomic E-state index is 12.5. The summed E-state index contributed by atoms with van der Waals surface area (Å²) in [4.78, 5) is 0. The Hall–Kier alpha value is -1.07. The molecule has 21 heavy (non-hydrogen) atoms. The Morgan fingerprint density at radius 1 is 1.24 bits per heavy atom. The van der Waals surface area contributed by atoms with Gasteiger partial charge in [-0.3, -0.25) is 0 Å². The van der Waals surface area contributed by atoms with Gasteiger partial charge in [0.15, 0.2) is 0 Å². The fourth-order valence-electron chi connectivity index (χ4n) is 2.74. The van der Waals surface area contributed by atoms with Crippen molar-refractivity contribution in [2.45, 2.75) is 57.4 Å². The van der Waals surface area contributed by atoms with E-state index in [1.807, 2.05) is 0 Å². The van der Waals surface area contributed by atoms with Crippen LogP contribution >= 0.6 is 0 Å². The summed E-state index contributed by atoms with van der Waals surface area (Å²) >= 11 is 0. The molecular weight excluding hydrogens is 277 g/mol. The molecule has 1 aliphatic rings. The molecule has 2 rings (SSSR count). The Kier molecular flexibility index (Phi) is 5.65. The Bertz CT molecular complexity index is 422. The minimum atomic E-state index is -4.26. The van der Waals surface area contributed by atoms with Crippen LogP contribution in [0.4, 0.5) is 13.2 Å². The SMILES string of the molecule is CC(CC1CCCCN1)NCc1ccc(C(F)(F)F)cc1. The third kappa shape index (κ3) is 5.32. The summed E-state index contributed by atoms with van der Waals surface area (Å²) in [5.41, 5.74) is 0.289. The zero-order valence-corrected chi connectivity index (χ0v) is 12.3. The van der Waals surface area contributed by atoms with Crippen molar-refractivity contribution in [1.29, 1.82) is 0 Å². The van der Waals surface area contributed by atoms with Crippen molar-refractivity contribution in [3.63, 3.8) is 0 Å². The Morgan fingerprint density at radius 2 is 1.95 bits per heavy atom. The van der Waals surface area contributed by atoms with Crippen LogP contribution in [0.25, 0.3) is 0 Å². The van der Waals surface area contributed by atoms with Gasteiger partial charge >= 0.3 is 6.18 Å². The van der Waals surface area contributed by atoms with Crippen LogP contribution in [0.3, 0.4) is 0 Å². The Labute approximate surface area is 124 Å². The standard InChI is InChI=1S/C16H23F3N2/c1-12(10-15-4-2-3-9-20-15)21-11-13-5-7-14(8-6-13)16(17,18)19/h5-8,12,15,20-21H,2-4,9-11H2,1H3. The third-order valence-corrected chi connectivity index (χ3v) is 3.99. The van der Waals surface area contributed by atoms with Gasteiger partial charge in [-0.05, 0) is 50.4 Å². The highest BCUT2D eigenvalue weighted by atomic mass is 19.4. The number of benzene rings is 1. The van der Waals surface area contributed by atoms with Gasteiger partial charge in [0.1, 0.15) is 0 Å². The second-order valence-corrected chi connectivity index (χ2v) is 5.86. The first kappa shape index (κ1) is 16.3. The fourth-order valence-corrected chi connectivity index (χ4v) is 2.74. The van der Waals surface area contributed by atoms with Crippen LogP contribution in [0.2, 0.25) is 0 Å². The monoisotopic (exact) mass is 300 g/mol. The molecule has 0 saturated carbocycles. The van der Waals surface area contributed by atoms with Gasteiger partial charge in [-0.1, -0.05) is 18.6 Å². The topological polar surface area (TPSA) is 24.1 Å². The van der Waals surface area contributed by atoms with Crippen LogP contribution in [0.1, 0.15) is 43.7 Å². The molecule has 1 aromatic carbocycles. The Balaban J connectivity index is 1.76. The van der Waals surface area contributed by atoms with Gasteiger partial charge in [-0.2, -0.15) is 13.2 Å². The Morgan fingerprint density at radius 3 is 2.52 bits per heavy atom. The number of rotatable bonds is 5. The number of nitrogens with one attached hydrogen (secondary N) is 2. The van der Waals surface area contributed by atoms with E-state index in [0.717, 1.165) is 30.7 Å². The average Bonchev–Trinajstić information content (AvgIpc) is 2.46. The quantitative estimate of drug-likeness (QED) is 0.866. The lowest BCUT2D eigenvalue weighted by atomic mass is 9.98. The zero-order valence-electron chi connectivity index (χ0n) is 12.3. The highest BCUT2D eigenvalue weighted by Crippen LogP contribution is 2.29. The highest BCUT2D eigenvalue weighted by Gasteiger charge is 2.29. The number of hydrogen-bond donors (Lipinski definition) is 2. The predicted molar refractivity (Wildman–Crippen MR) is 78.0 cm³/mol. The highest BCUT2D eigenvalue weighted by molar-refractivity contribution is 5.24. The second-order valence-electron chi connectivity index (χ2n) is 5.86. The van der Waals surface area contributed by atoms with E-state index in [4.69, 9.17) is 0 Å². The van der Waals surface area contributed by atoms with E-state index in [2.05, 4.69) is 17.6 Å². The summed E-state index contributed by atoms with van der Waals surface area (Å²) in [6.07, 6.45) is 0.548. The molecule has 0 spiro atoms. The smallest absolute Gasteiger partial charge is 0.314 e. The van der Waals surface area contributed by atoms with Gasteiger partial charge in [0.2, 0.25) is 0 Å². The van der Waals surface area contributed by atoms with E-state index >= 15 is 0 Å². The maximum Gasteiger partial charge on any atom is 0.416 e. The number of hydrogen-bond acceptors (Lipinski definition) is 2. The molecule has 0 aromatic heterocycles. The summed E-state index contributed by atoms with van der Waals surface area (Å²) in [5, 5.41) is 6.89. The van der Waals surface area contributed by atoms with Gasteiger partial charge < -0.3 is 10.6 Å². The van der Waals surface area contributed by atoms with Crippen LogP contribution in [-0.2, 0) is 12.7 Å². The average molecular weight is 300 g/mol. The molecule has 0 radical (unpaired) electrons. The first-order valence-corrected chi connectivity index (χ1v) is 7.58. The molecule has 1 saturated heterocycles. The zero-order chi connectivity index (χ0) is 15.3. The molecule has 0 amide bonds. The lowest BCUT2D eigenvalue weighted by Gasteiger charge is -2.26. The van der Waals surface area contributed by atoms with E-state index in [1.54, 1.807) is 12.1 Å². The maximum atomic E-state index is 12.5. The van der Waals surface area contributed by atoms with Gasteiger partial charge in [-0.15, -0.1) is 0 Å². The first-order chi connectivity index (χ1) is 9.95. The van der Waals surface area contributed by atoms with Crippen molar-refractivity contribution in [2.24, 2.45) is 0 Å². The summed E-state index contributed by atoms with van der Waals surface area (Å²) in [6, 6.07) is 6.29. The number of alkyl halides is 3. The summed E-state index contributed by atoms with van der Waals surface area (Å²) in [6.45, 7) is 3.82. The van der Waals surface area contributed by atoms with Gasteiger partial charge in [0.25, 0.3) is 0 Å². The summed E-state index contributed by atoms with van der Waals surface area (Å²) in [7, 11) is 0.